The number of nitrogens with two attached hydrogens (primary N) is 2. The molecule has 2 aromatic carbocycles. The van der Waals surface area contributed by atoms with Crippen molar-refractivity contribution in [3.63, 3.8) is 0 Å². The highest BCUT2D eigenvalue weighted by Crippen LogP contribution is 2.06. The van der Waals surface area contributed by atoms with Crippen LogP contribution in [0.3, 0.4) is 0 Å². The minimum atomic E-state index is -0.824. The van der Waals surface area contributed by atoms with Gasteiger partial charge >= 0.3 is 11.9 Å². The summed E-state index contributed by atoms with van der Waals surface area (Å²) in [5.74, 6) is -1.65. The number of benzene rings is 2. The molecule has 2 aromatic rings. The fraction of sp³-hybridized carbons (Fsp3) is 0.125. The van der Waals surface area contributed by atoms with E-state index in [4.69, 9.17) is 21.7 Å². The average molecular weight is 302 g/mol. The average Bonchev–Trinajstić information content (AvgIpc) is 2.44. The summed E-state index contributed by atoms with van der Waals surface area (Å²) in [6, 6.07) is 13.6. The van der Waals surface area contributed by atoms with Gasteiger partial charge in [0, 0.05) is 11.4 Å². The normalized spacial score (nSPS) is 9.45. The Morgan fingerprint density at radius 3 is 1.18 bits per heavy atom. The summed E-state index contributed by atoms with van der Waals surface area (Å²) >= 11 is 0. The fourth-order valence-corrected chi connectivity index (χ4v) is 1.62. The van der Waals surface area contributed by atoms with Crippen LogP contribution in [0.15, 0.2) is 48.5 Å². The Balaban J connectivity index is 0.000000220. The lowest BCUT2D eigenvalue weighted by molar-refractivity contribution is -0.137. The van der Waals surface area contributed by atoms with Crippen LogP contribution in [0, 0.1) is 0 Å². The molecule has 6 nitrogen and oxygen atoms in total. The van der Waals surface area contributed by atoms with Crippen LogP contribution in [0.1, 0.15) is 11.1 Å². The molecule has 0 heterocycles. The van der Waals surface area contributed by atoms with Gasteiger partial charge < -0.3 is 21.7 Å². The molecule has 0 aromatic heterocycles. The van der Waals surface area contributed by atoms with Crippen molar-refractivity contribution in [2.24, 2.45) is 0 Å². The van der Waals surface area contributed by atoms with Crippen LogP contribution in [-0.4, -0.2) is 22.2 Å². The number of aliphatic carboxylic acids is 2. The molecule has 0 saturated heterocycles. The molecular formula is C16H18N2O4. The van der Waals surface area contributed by atoms with Gasteiger partial charge in [0.2, 0.25) is 0 Å². The second-order valence-electron chi connectivity index (χ2n) is 4.62. The standard InChI is InChI=1S/2C8H9NO2/c2*9-7-3-1-6(2-4-7)5-8(10)11/h2*1-4H,5,9H2,(H,10,11). The van der Waals surface area contributed by atoms with Gasteiger partial charge in [-0.2, -0.15) is 0 Å². The lowest BCUT2D eigenvalue weighted by Crippen LogP contribution is -1.99. The third-order valence-electron chi connectivity index (χ3n) is 2.67. The van der Waals surface area contributed by atoms with Crippen LogP contribution in [0.5, 0.6) is 0 Å². The monoisotopic (exact) mass is 302 g/mol. The number of nitrogen functional groups attached to an aromatic ring is 2. The van der Waals surface area contributed by atoms with Crippen molar-refractivity contribution in [1.29, 1.82) is 0 Å². The van der Waals surface area contributed by atoms with Gasteiger partial charge in [-0.25, -0.2) is 0 Å². The summed E-state index contributed by atoms with van der Waals surface area (Å²) in [4.78, 5) is 20.4. The summed E-state index contributed by atoms with van der Waals surface area (Å²) < 4.78 is 0. The number of hydrogen-bond acceptors (Lipinski definition) is 4. The van der Waals surface area contributed by atoms with Crippen molar-refractivity contribution in [3.8, 4) is 0 Å². The Kier molecular flexibility index (Phi) is 6.43. The molecule has 116 valence electrons. The maximum Gasteiger partial charge on any atom is 0.307 e. The van der Waals surface area contributed by atoms with Gasteiger partial charge in [-0.05, 0) is 35.4 Å². The predicted molar refractivity (Wildman–Crippen MR) is 84.4 cm³/mol. The molecule has 0 aliphatic heterocycles. The van der Waals surface area contributed by atoms with E-state index in [2.05, 4.69) is 0 Å². The Labute approximate surface area is 128 Å². The highest BCUT2D eigenvalue weighted by atomic mass is 16.4. The molecule has 0 saturated carbocycles. The molecule has 0 amide bonds. The summed E-state index contributed by atoms with van der Waals surface area (Å²) in [5.41, 5.74) is 13.7. The lowest BCUT2D eigenvalue weighted by Gasteiger charge is -1.96. The molecule has 0 unspecified atom stereocenters. The molecule has 0 atom stereocenters. The van der Waals surface area contributed by atoms with Gasteiger partial charge in [-0.1, -0.05) is 24.3 Å². The van der Waals surface area contributed by atoms with E-state index in [1.807, 2.05) is 0 Å². The Hall–Kier alpha value is -3.02. The summed E-state index contributed by atoms with van der Waals surface area (Å²) in [6.07, 6.45) is 0.112. The molecular weight excluding hydrogens is 284 g/mol. The highest BCUT2D eigenvalue weighted by molar-refractivity contribution is 5.70. The topological polar surface area (TPSA) is 127 Å². The van der Waals surface area contributed by atoms with E-state index in [0.29, 0.717) is 11.4 Å². The molecule has 22 heavy (non-hydrogen) atoms. The first-order valence-electron chi connectivity index (χ1n) is 6.49. The molecule has 0 fully saturated rings. The maximum absolute atomic E-state index is 10.2. The van der Waals surface area contributed by atoms with Gasteiger partial charge in [0.25, 0.3) is 0 Å². The number of carbonyl (C=O) groups is 2. The zero-order chi connectivity index (χ0) is 16.5. The van der Waals surface area contributed by atoms with Gasteiger partial charge in [-0.3, -0.25) is 9.59 Å². The van der Waals surface area contributed by atoms with Gasteiger partial charge in [-0.15, -0.1) is 0 Å². The number of anilines is 2. The van der Waals surface area contributed by atoms with Crippen molar-refractivity contribution in [3.05, 3.63) is 59.7 Å². The maximum atomic E-state index is 10.2. The van der Waals surface area contributed by atoms with Crippen molar-refractivity contribution >= 4 is 23.3 Å². The van der Waals surface area contributed by atoms with E-state index < -0.39 is 11.9 Å². The van der Waals surface area contributed by atoms with Crippen LogP contribution >= 0.6 is 0 Å². The number of carboxylic acids is 2. The Morgan fingerprint density at radius 1 is 0.682 bits per heavy atom. The first kappa shape index (κ1) is 17.0. The Morgan fingerprint density at radius 2 is 0.955 bits per heavy atom. The number of carboxylic acid groups (broad SMARTS) is 2. The molecule has 6 N–H and O–H groups in total. The molecule has 0 aliphatic rings. The van der Waals surface area contributed by atoms with Crippen LogP contribution in [0.2, 0.25) is 0 Å². The summed E-state index contributed by atoms with van der Waals surface area (Å²) in [7, 11) is 0. The molecule has 0 radical (unpaired) electrons. The molecule has 0 aliphatic carbocycles. The summed E-state index contributed by atoms with van der Waals surface area (Å²) in [6.45, 7) is 0. The Bertz CT molecular complexity index is 564. The largest absolute Gasteiger partial charge is 0.481 e. The first-order valence-corrected chi connectivity index (χ1v) is 6.49. The smallest absolute Gasteiger partial charge is 0.307 e. The third-order valence-corrected chi connectivity index (χ3v) is 2.67. The quantitative estimate of drug-likeness (QED) is 0.638. The second-order valence-corrected chi connectivity index (χ2v) is 4.62. The van der Waals surface area contributed by atoms with Gasteiger partial charge in [0.05, 0.1) is 12.8 Å². The number of hydrogen-bond donors (Lipinski definition) is 4. The van der Waals surface area contributed by atoms with Gasteiger partial charge in [0.1, 0.15) is 0 Å². The minimum Gasteiger partial charge on any atom is -0.481 e. The van der Waals surface area contributed by atoms with Crippen molar-refractivity contribution in [2.45, 2.75) is 12.8 Å². The minimum absolute atomic E-state index is 0.0558. The fourth-order valence-electron chi connectivity index (χ4n) is 1.62. The SMILES string of the molecule is Nc1ccc(CC(=O)O)cc1.Nc1ccc(CC(=O)O)cc1. The van der Waals surface area contributed by atoms with Crippen molar-refractivity contribution in [2.75, 3.05) is 11.5 Å². The van der Waals surface area contributed by atoms with Crippen molar-refractivity contribution in [1.82, 2.24) is 0 Å². The molecule has 0 bridgehead atoms. The van der Waals surface area contributed by atoms with Crippen molar-refractivity contribution < 1.29 is 19.8 Å². The highest BCUT2D eigenvalue weighted by Gasteiger charge is 1.98. The van der Waals surface area contributed by atoms with Crippen LogP contribution in [-0.2, 0) is 22.4 Å². The van der Waals surface area contributed by atoms with Crippen LogP contribution in [0.4, 0.5) is 11.4 Å². The first-order chi connectivity index (χ1) is 10.4. The zero-order valence-electron chi connectivity index (χ0n) is 11.9. The molecule has 0 spiro atoms. The van der Waals surface area contributed by atoms with E-state index in [9.17, 15) is 9.59 Å². The van der Waals surface area contributed by atoms with E-state index in [-0.39, 0.29) is 12.8 Å². The van der Waals surface area contributed by atoms with E-state index >= 15 is 0 Å². The van der Waals surface area contributed by atoms with Crippen LogP contribution in [0.25, 0.3) is 0 Å². The lowest BCUT2D eigenvalue weighted by atomic mass is 10.1. The van der Waals surface area contributed by atoms with E-state index in [1.165, 1.54) is 0 Å². The third kappa shape index (κ3) is 6.95. The molecule has 2 rings (SSSR count). The zero-order valence-corrected chi connectivity index (χ0v) is 11.9. The van der Waals surface area contributed by atoms with Gasteiger partial charge in [0.15, 0.2) is 0 Å². The number of rotatable bonds is 4. The predicted octanol–water partition coefficient (Wildman–Crippen LogP) is 1.79. The van der Waals surface area contributed by atoms with E-state index in [0.717, 1.165) is 11.1 Å². The second kappa shape index (κ2) is 8.31. The molecule has 6 heteroatoms. The van der Waals surface area contributed by atoms with E-state index in [1.54, 1.807) is 48.5 Å². The summed E-state index contributed by atoms with van der Waals surface area (Å²) in [5, 5.41) is 16.8. The van der Waals surface area contributed by atoms with Crippen LogP contribution < -0.4 is 11.5 Å².